The second-order valence-electron chi connectivity index (χ2n) is 5.79. The van der Waals surface area contributed by atoms with Crippen molar-refractivity contribution in [2.24, 2.45) is 0 Å². The molecule has 1 amide bonds. The molecule has 0 aliphatic carbocycles. The van der Waals surface area contributed by atoms with E-state index in [0.29, 0.717) is 17.3 Å². The highest BCUT2D eigenvalue weighted by atomic mass is 16.2. The predicted octanol–water partition coefficient (Wildman–Crippen LogP) is 3.15. The molecule has 1 aromatic rings. The molecule has 1 fully saturated rings. The van der Waals surface area contributed by atoms with Crippen molar-refractivity contribution in [1.82, 2.24) is 4.90 Å². The highest BCUT2D eigenvalue weighted by Crippen LogP contribution is 2.20. The van der Waals surface area contributed by atoms with Gasteiger partial charge in [-0.2, -0.15) is 5.26 Å². The van der Waals surface area contributed by atoms with Gasteiger partial charge < -0.3 is 5.32 Å². The van der Waals surface area contributed by atoms with Gasteiger partial charge in [-0.15, -0.1) is 0 Å². The van der Waals surface area contributed by atoms with E-state index in [4.69, 9.17) is 5.26 Å². The molecule has 1 aliphatic rings. The van der Waals surface area contributed by atoms with Crippen molar-refractivity contribution < 1.29 is 4.79 Å². The second kappa shape index (κ2) is 7.24. The van der Waals surface area contributed by atoms with E-state index in [1.54, 1.807) is 18.2 Å². The van der Waals surface area contributed by atoms with Crippen molar-refractivity contribution in [3.05, 3.63) is 29.8 Å². The van der Waals surface area contributed by atoms with Crippen LogP contribution >= 0.6 is 0 Å². The van der Waals surface area contributed by atoms with Gasteiger partial charge in [-0.1, -0.05) is 18.9 Å². The lowest BCUT2D eigenvalue weighted by Crippen LogP contribution is -2.46. The number of benzene rings is 1. The van der Waals surface area contributed by atoms with Gasteiger partial charge in [0.15, 0.2) is 0 Å². The van der Waals surface area contributed by atoms with Crippen molar-refractivity contribution >= 4 is 11.6 Å². The Kier molecular flexibility index (Phi) is 5.35. The first kappa shape index (κ1) is 15.5. The maximum absolute atomic E-state index is 12.4. The topological polar surface area (TPSA) is 56.1 Å². The van der Waals surface area contributed by atoms with Gasteiger partial charge in [0.25, 0.3) is 0 Å². The molecule has 1 aliphatic heterocycles. The summed E-state index contributed by atoms with van der Waals surface area (Å²) in [5.41, 5.74) is 1.25. The predicted molar refractivity (Wildman–Crippen MR) is 83.9 cm³/mol. The van der Waals surface area contributed by atoms with Crippen LogP contribution in [0.25, 0.3) is 0 Å². The fourth-order valence-corrected chi connectivity index (χ4v) is 2.94. The summed E-state index contributed by atoms with van der Waals surface area (Å²) in [6, 6.07) is 9.42. The van der Waals surface area contributed by atoms with E-state index in [0.717, 1.165) is 19.4 Å². The Labute approximate surface area is 126 Å². The number of hydrogen-bond donors (Lipinski definition) is 1. The lowest BCUT2D eigenvalue weighted by molar-refractivity contribution is -0.121. The van der Waals surface area contributed by atoms with Crippen LogP contribution in [-0.2, 0) is 4.79 Å². The van der Waals surface area contributed by atoms with E-state index in [1.165, 1.54) is 12.8 Å². The molecule has 1 N–H and O–H groups in total. The number of rotatable bonds is 3. The third-order valence-corrected chi connectivity index (χ3v) is 4.24. The van der Waals surface area contributed by atoms with Crippen LogP contribution in [0.4, 0.5) is 5.69 Å². The lowest BCUT2D eigenvalue weighted by Gasteiger charge is -2.32. The van der Waals surface area contributed by atoms with Crippen molar-refractivity contribution in [3.63, 3.8) is 0 Å². The van der Waals surface area contributed by atoms with E-state index in [-0.39, 0.29) is 11.9 Å². The zero-order valence-electron chi connectivity index (χ0n) is 12.8. The van der Waals surface area contributed by atoms with Crippen LogP contribution in [0.5, 0.6) is 0 Å². The molecule has 2 rings (SSSR count). The molecule has 21 heavy (non-hydrogen) atoms. The van der Waals surface area contributed by atoms with Gasteiger partial charge in [0, 0.05) is 11.7 Å². The van der Waals surface area contributed by atoms with Gasteiger partial charge in [0.05, 0.1) is 17.7 Å². The number of carbonyl (C=O) groups excluding carboxylic acids is 1. The fourth-order valence-electron chi connectivity index (χ4n) is 2.94. The largest absolute Gasteiger partial charge is 0.325 e. The second-order valence-corrected chi connectivity index (χ2v) is 5.79. The summed E-state index contributed by atoms with van der Waals surface area (Å²) in [5, 5.41) is 11.8. The molecule has 0 bridgehead atoms. The van der Waals surface area contributed by atoms with Gasteiger partial charge in [-0.3, -0.25) is 9.69 Å². The van der Waals surface area contributed by atoms with Crippen molar-refractivity contribution in [1.29, 1.82) is 5.26 Å². The van der Waals surface area contributed by atoms with E-state index in [1.807, 2.05) is 13.0 Å². The highest BCUT2D eigenvalue weighted by molar-refractivity contribution is 5.94. The maximum Gasteiger partial charge on any atom is 0.241 e. The molecular formula is C17H23N3O. The average Bonchev–Trinajstić information content (AvgIpc) is 2.71. The van der Waals surface area contributed by atoms with Crippen LogP contribution in [0.2, 0.25) is 0 Å². The van der Waals surface area contributed by atoms with Crippen LogP contribution in [0.15, 0.2) is 24.3 Å². The zero-order valence-corrected chi connectivity index (χ0v) is 12.8. The molecule has 0 radical (unpaired) electrons. The maximum atomic E-state index is 12.4. The molecule has 0 spiro atoms. The quantitative estimate of drug-likeness (QED) is 0.928. The third-order valence-electron chi connectivity index (χ3n) is 4.24. The Morgan fingerprint density at radius 1 is 1.43 bits per heavy atom. The number of nitriles is 1. The van der Waals surface area contributed by atoms with Crippen molar-refractivity contribution in [2.45, 2.75) is 51.6 Å². The van der Waals surface area contributed by atoms with E-state index < -0.39 is 0 Å². The number of nitrogens with zero attached hydrogens (tertiary/aromatic N) is 2. The first-order valence-corrected chi connectivity index (χ1v) is 7.68. The van der Waals surface area contributed by atoms with Crippen LogP contribution in [-0.4, -0.2) is 29.4 Å². The highest BCUT2D eigenvalue weighted by Gasteiger charge is 2.26. The number of amides is 1. The zero-order chi connectivity index (χ0) is 15.2. The molecule has 1 aromatic carbocycles. The molecule has 0 aromatic heterocycles. The van der Waals surface area contributed by atoms with Crippen molar-refractivity contribution in [2.75, 3.05) is 11.9 Å². The molecule has 0 saturated carbocycles. The molecule has 112 valence electrons. The Bertz CT molecular complexity index is 535. The number of anilines is 1. The molecule has 2 unspecified atom stereocenters. The Morgan fingerprint density at radius 3 is 3.00 bits per heavy atom. The molecule has 4 heteroatoms. The molecule has 4 nitrogen and oxygen atoms in total. The lowest BCUT2D eigenvalue weighted by atomic mass is 10.1. The number of likely N-dealkylation sites (tertiary alicyclic amines) is 1. The van der Waals surface area contributed by atoms with Gasteiger partial charge in [-0.05, 0) is 51.4 Å². The minimum atomic E-state index is -0.149. The smallest absolute Gasteiger partial charge is 0.241 e. The van der Waals surface area contributed by atoms with Crippen molar-refractivity contribution in [3.8, 4) is 6.07 Å². The summed E-state index contributed by atoms with van der Waals surface area (Å²) in [6.07, 6.45) is 4.81. The Balaban J connectivity index is 2.03. The summed E-state index contributed by atoms with van der Waals surface area (Å²) in [4.78, 5) is 14.7. The molecule has 1 heterocycles. The average molecular weight is 285 g/mol. The normalized spacial score (nSPS) is 21.1. The minimum absolute atomic E-state index is 0.00107. The van der Waals surface area contributed by atoms with Crippen LogP contribution in [0.1, 0.15) is 45.1 Å². The summed E-state index contributed by atoms with van der Waals surface area (Å²) < 4.78 is 0. The van der Waals surface area contributed by atoms with Crippen LogP contribution in [0, 0.1) is 11.3 Å². The Hall–Kier alpha value is -1.86. The summed E-state index contributed by atoms with van der Waals surface area (Å²) >= 11 is 0. The molecule has 2 atom stereocenters. The third kappa shape index (κ3) is 4.05. The standard InChI is InChI=1S/C17H23N3O/c1-13-7-4-3-5-10-20(13)14(2)17(21)19-16-9-6-8-15(11-16)12-18/h6,8-9,11,13-14H,3-5,7,10H2,1-2H3,(H,19,21). The first-order chi connectivity index (χ1) is 10.1. The van der Waals surface area contributed by atoms with Crippen LogP contribution in [0.3, 0.4) is 0 Å². The van der Waals surface area contributed by atoms with Gasteiger partial charge in [0.1, 0.15) is 0 Å². The van der Waals surface area contributed by atoms with E-state index in [2.05, 4.69) is 23.2 Å². The monoisotopic (exact) mass is 285 g/mol. The summed E-state index contributed by atoms with van der Waals surface area (Å²) in [6.45, 7) is 5.14. The van der Waals surface area contributed by atoms with Gasteiger partial charge in [-0.25, -0.2) is 0 Å². The Morgan fingerprint density at radius 2 is 2.24 bits per heavy atom. The fraction of sp³-hybridized carbons (Fsp3) is 0.529. The molecular weight excluding hydrogens is 262 g/mol. The SMILES string of the molecule is CC1CCCCCN1C(C)C(=O)Nc1cccc(C#N)c1. The number of hydrogen-bond acceptors (Lipinski definition) is 3. The summed E-state index contributed by atoms with van der Waals surface area (Å²) in [7, 11) is 0. The molecule has 1 saturated heterocycles. The van der Waals surface area contributed by atoms with Gasteiger partial charge in [0.2, 0.25) is 5.91 Å². The minimum Gasteiger partial charge on any atom is -0.325 e. The van der Waals surface area contributed by atoms with Gasteiger partial charge >= 0.3 is 0 Å². The number of carbonyl (C=O) groups is 1. The first-order valence-electron chi connectivity index (χ1n) is 7.68. The van der Waals surface area contributed by atoms with E-state index in [9.17, 15) is 4.79 Å². The number of nitrogens with one attached hydrogen (secondary N) is 1. The van der Waals surface area contributed by atoms with E-state index >= 15 is 0 Å². The summed E-state index contributed by atoms with van der Waals surface area (Å²) in [5.74, 6) is -0.00107. The van der Waals surface area contributed by atoms with Crippen LogP contribution < -0.4 is 5.32 Å².